The van der Waals surface area contributed by atoms with Gasteiger partial charge in [-0.1, -0.05) is 18.2 Å². The van der Waals surface area contributed by atoms with Crippen molar-refractivity contribution < 1.29 is 13.9 Å². The van der Waals surface area contributed by atoms with Crippen LogP contribution in [-0.2, 0) is 11.4 Å². The van der Waals surface area contributed by atoms with Crippen LogP contribution in [0.15, 0.2) is 53.0 Å². The molecule has 0 fully saturated rings. The van der Waals surface area contributed by atoms with Gasteiger partial charge < -0.3 is 4.74 Å². The van der Waals surface area contributed by atoms with E-state index in [9.17, 15) is 9.18 Å². The third-order valence-electron chi connectivity index (χ3n) is 2.81. The minimum Gasteiger partial charge on any atom is -0.488 e. The number of ether oxygens (including phenoxy) is 1. The molecule has 22 heavy (non-hydrogen) atoms. The fourth-order valence-corrected chi connectivity index (χ4v) is 2.26. The largest absolute Gasteiger partial charge is 0.488 e. The lowest BCUT2D eigenvalue weighted by Crippen LogP contribution is -2.27. The average molecular weight is 365 g/mol. The van der Waals surface area contributed by atoms with Crippen molar-refractivity contribution in [3.05, 3.63) is 70.0 Å². The summed E-state index contributed by atoms with van der Waals surface area (Å²) in [6.07, 6.45) is 2.96. The van der Waals surface area contributed by atoms with Crippen molar-refractivity contribution in [2.24, 2.45) is 5.84 Å². The van der Waals surface area contributed by atoms with E-state index in [1.54, 1.807) is 36.4 Å². The van der Waals surface area contributed by atoms with Gasteiger partial charge in [0.25, 0.3) is 5.91 Å². The Balaban J connectivity index is 2.03. The molecule has 0 aliphatic carbocycles. The van der Waals surface area contributed by atoms with Crippen molar-refractivity contribution in [2.45, 2.75) is 6.61 Å². The molecule has 0 spiro atoms. The van der Waals surface area contributed by atoms with Crippen LogP contribution < -0.4 is 16.0 Å². The highest BCUT2D eigenvalue weighted by Crippen LogP contribution is 2.27. The summed E-state index contributed by atoms with van der Waals surface area (Å²) >= 11 is 3.40. The third kappa shape index (κ3) is 4.68. The Bertz CT molecular complexity index is 704. The van der Waals surface area contributed by atoms with E-state index in [1.165, 1.54) is 18.2 Å². The number of rotatable bonds is 5. The van der Waals surface area contributed by atoms with Gasteiger partial charge in [0, 0.05) is 6.08 Å². The minimum atomic E-state index is -0.387. The second kappa shape index (κ2) is 7.72. The number of nitrogens with two attached hydrogens (primary N) is 1. The highest BCUT2D eigenvalue weighted by Gasteiger charge is 2.03. The normalized spacial score (nSPS) is 10.7. The lowest BCUT2D eigenvalue weighted by Gasteiger charge is -2.09. The summed E-state index contributed by atoms with van der Waals surface area (Å²) in [4.78, 5) is 11.0. The van der Waals surface area contributed by atoms with E-state index in [1.807, 2.05) is 5.43 Å². The monoisotopic (exact) mass is 364 g/mol. The molecule has 0 aromatic heterocycles. The third-order valence-corrected chi connectivity index (χ3v) is 3.43. The molecule has 0 atom stereocenters. The molecule has 0 radical (unpaired) electrons. The van der Waals surface area contributed by atoms with Crippen molar-refractivity contribution in [1.82, 2.24) is 5.43 Å². The fourth-order valence-electron chi connectivity index (χ4n) is 1.75. The number of nitrogens with one attached hydrogen (secondary N) is 1. The maximum atomic E-state index is 13.1. The summed E-state index contributed by atoms with van der Waals surface area (Å²) in [6.45, 7) is 0.265. The fraction of sp³-hybridized carbons (Fsp3) is 0.0625. The van der Waals surface area contributed by atoms with Gasteiger partial charge in [-0.2, -0.15) is 0 Å². The Kier molecular flexibility index (Phi) is 5.68. The topological polar surface area (TPSA) is 64.3 Å². The van der Waals surface area contributed by atoms with Gasteiger partial charge in [0.15, 0.2) is 0 Å². The first-order chi connectivity index (χ1) is 10.6. The predicted molar refractivity (Wildman–Crippen MR) is 86.2 cm³/mol. The molecule has 0 aliphatic rings. The summed E-state index contributed by atoms with van der Waals surface area (Å²) in [5, 5.41) is 0. The number of carbonyl (C=O) groups excluding carboxylic acids is 1. The first-order valence-electron chi connectivity index (χ1n) is 6.44. The number of hydrogen-bond donors (Lipinski definition) is 2. The molecule has 0 saturated heterocycles. The zero-order chi connectivity index (χ0) is 15.9. The van der Waals surface area contributed by atoms with E-state index in [0.29, 0.717) is 5.75 Å². The van der Waals surface area contributed by atoms with Crippen LogP contribution in [0.3, 0.4) is 0 Å². The van der Waals surface area contributed by atoms with Crippen molar-refractivity contribution in [3.63, 3.8) is 0 Å². The van der Waals surface area contributed by atoms with E-state index >= 15 is 0 Å². The Hall–Kier alpha value is -2.18. The van der Waals surface area contributed by atoms with Crippen molar-refractivity contribution in [1.29, 1.82) is 0 Å². The first-order valence-corrected chi connectivity index (χ1v) is 7.23. The van der Waals surface area contributed by atoms with Crippen molar-refractivity contribution in [3.8, 4) is 5.75 Å². The molecule has 6 heteroatoms. The van der Waals surface area contributed by atoms with Crippen molar-refractivity contribution >= 4 is 27.9 Å². The number of carbonyl (C=O) groups is 1. The molecule has 4 nitrogen and oxygen atoms in total. The standard InChI is InChI=1S/C16H14BrFN2O2/c17-14-9-11(5-7-16(21)20-19)4-6-15(14)22-10-12-2-1-3-13(18)8-12/h1-9H,10,19H2,(H,20,21)/b7-5+. The van der Waals surface area contributed by atoms with Crippen molar-refractivity contribution in [2.75, 3.05) is 0 Å². The van der Waals surface area contributed by atoms with Gasteiger partial charge in [-0.3, -0.25) is 10.2 Å². The van der Waals surface area contributed by atoms with Crippen LogP contribution in [0.5, 0.6) is 5.75 Å². The molecular weight excluding hydrogens is 351 g/mol. The Morgan fingerprint density at radius 1 is 1.32 bits per heavy atom. The summed E-state index contributed by atoms with van der Waals surface area (Å²) in [6, 6.07) is 11.6. The molecule has 0 bridgehead atoms. The second-order valence-electron chi connectivity index (χ2n) is 4.45. The first kappa shape index (κ1) is 16.2. The van der Waals surface area contributed by atoms with Crippen LogP contribution in [0.4, 0.5) is 4.39 Å². The lowest BCUT2D eigenvalue weighted by molar-refractivity contribution is -0.116. The maximum absolute atomic E-state index is 13.1. The predicted octanol–water partition coefficient (Wildman–Crippen LogP) is 3.17. The van der Waals surface area contributed by atoms with E-state index in [0.717, 1.165) is 15.6 Å². The summed E-state index contributed by atoms with van der Waals surface area (Å²) < 4.78 is 19.5. The Morgan fingerprint density at radius 3 is 2.82 bits per heavy atom. The molecule has 2 aromatic rings. The van der Waals surface area contributed by atoms with Gasteiger partial charge in [-0.15, -0.1) is 0 Å². The average Bonchev–Trinajstić information content (AvgIpc) is 2.51. The number of hydrogen-bond acceptors (Lipinski definition) is 3. The Labute approximate surface area is 135 Å². The van der Waals surface area contributed by atoms with Crippen LogP contribution in [0, 0.1) is 5.82 Å². The van der Waals surface area contributed by atoms with E-state index in [2.05, 4.69) is 15.9 Å². The van der Waals surface area contributed by atoms with Gasteiger partial charge in [-0.05, 0) is 57.4 Å². The molecule has 3 N–H and O–H groups in total. The molecule has 0 heterocycles. The molecular formula is C16H14BrFN2O2. The molecule has 2 rings (SSSR count). The highest BCUT2D eigenvalue weighted by atomic mass is 79.9. The smallest absolute Gasteiger partial charge is 0.257 e. The molecule has 2 aromatic carbocycles. The van der Waals surface area contributed by atoms with E-state index in [-0.39, 0.29) is 18.3 Å². The van der Waals surface area contributed by atoms with E-state index < -0.39 is 0 Å². The highest BCUT2D eigenvalue weighted by molar-refractivity contribution is 9.10. The zero-order valence-corrected chi connectivity index (χ0v) is 13.1. The van der Waals surface area contributed by atoms with Gasteiger partial charge in [-0.25, -0.2) is 10.2 Å². The number of halogens is 2. The number of amides is 1. The molecule has 0 aliphatic heterocycles. The Morgan fingerprint density at radius 2 is 2.14 bits per heavy atom. The molecule has 114 valence electrons. The summed E-state index contributed by atoms with van der Waals surface area (Å²) in [5.41, 5.74) is 3.57. The minimum absolute atomic E-state index is 0.265. The summed E-state index contributed by atoms with van der Waals surface area (Å²) in [5.74, 6) is 4.94. The van der Waals surface area contributed by atoms with Gasteiger partial charge in [0.1, 0.15) is 18.2 Å². The van der Waals surface area contributed by atoms with Crippen LogP contribution >= 0.6 is 15.9 Å². The number of benzene rings is 2. The maximum Gasteiger partial charge on any atom is 0.257 e. The van der Waals surface area contributed by atoms with Crippen LogP contribution in [0.25, 0.3) is 6.08 Å². The second-order valence-corrected chi connectivity index (χ2v) is 5.30. The zero-order valence-electron chi connectivity index (χ0n) is 11.6. The molecule has 1 amide bonds. The number of hydrazine groups is 1. The summed E-state index contributed by atoms with van der Waals surface area (Å²) in [7, 11) is 0. The quantitative estimate of drug-likeness (QED) is 0.370. The lowest BCUT2D eigenvalue weighted by atomic mass is 10.2. The van der Waals surface area contributed by atoms with Gasteiger partial charge in [0.05, 0.1) is 4.47 Å². The van der Waals surface area contributed by atoms with Crippen LogP contribution in [0.2, 0.25) is 0 Å². The molecule has 0 unspecified atom stereocenters. The van der Waals surface area contributed by atoms with Gasteiger partial charge in [0.2, 0.25) is 0 Å². The van der Waals surface area contributed by atoms with Gasteiger partial charge >= 0.3 is 0 Å². The molecule has 0 saturated carbocycles. The van der Waals surface area contributed by atoms with E-state index in [4.69, 9.17) is 10.6 Å². The SMILES string of the molecule is NNC(=O)/C=C/c1ccc(OCc2cccc(F)c2)c(Br)c1. The van der Waals surface area contributed by atoms with Crippen LogP contribution in [-0.4, -0.2) is 5.91 Å². The van der Waals surface area contributed by atoms with Crippen LogP contribution in [0.1, 0.15) is 11.1 Å².